The Morgan fingerprint density at radius 3 is 1.73 bits per heavy atom. The van der Waals surface area contributed by atoms with Crippen molar-refractivity contribution < 1.29 is 0 Å². The zero-order chi connectivity index (χ0) is 37.0. The largest absolute Gasteiger partial charge is 0.309 e. The molecular weight excluding hydrogens is 695 g/mol. The number of rotatable bonds is 6. The van der Waals surface area contributed by atoms with E-state index < -0.39 is 0 Å². The lowest BCUT2D eigenvalue weighted by Crippen LogP contribution is -2.12. The third-order valence-corrected chi connectivity index (χ3v) is 12.4. The van der Waals surface area contributed by atoms with E-state index in [4.69, 9.17) is 0 Å². The fourth-order valence-electron chi connectivity index (χ4n) is 8.58. The van der Waals surface area contributed by atoms with Gasteiger partial charge in [-0.2, -0.15) is 0 Å². The number of fused-ring (bicyclic) bond motifs is 7. The summed E-state index contributed by atoms with van der Waals surface area (Å²) in [6.07, 6.45) is 0. The first-order valence-electron chi connectivity index (χ1n) is 19.2. The van der Waals surface area contributed by atoms with E-state index >= 15 is 0 Å². The number of nitrogens with zero attached hydrogens (tertiary/aromatic N) is 1. The van der Waals surface area contributed by atoms with Gasteiger partial charge in [-0.1, -0.05) is 164 Å². The highest BCUT2D eigenvalue weighted by atomic mass is 32.1. The van der Waals surface area contributed by atoms with Crippen molar-refractivity contribution >= 4 is 80.9 Å². The molecule has 11 aromatic rings. The Kier molecular flexibility index (Phi) is 7.75. The van der Waals surface area contributed by atoms with E-state index in [1.165, 1.54) is 85.9 Å². The Labute approximate surface area is 330 Å². The quantitative estimate of drug-likeness (QED) is 0.154. The Morgan fingerprint density at radius 2 is 0.875 bits per heavy atom. The van der Waals surface area contributed by atoms with Crippen molar-refractivity contribution in [1.29, 1.82) is 0 Å². The normalized spacial score (nSPS) is 11.6. The number of hydrogen-bond acceptors (Lipinski definition) is 2. The van der Waals surface area contributed by atoms with Gasteiger partial charge in [0.15, 0.2) is 0 Å². The summed E-state index contributed by atoms with van der Waals surface area (Å²) in [5, 5.41) is 10.1. The van der Waals surface area contributed by atoms with Crippen molar-refractivity contribution in [1.82, 2.24) is 0 Å². The summed E-state index contributed by atoms with van der Waals surface area (Å²) in [5.41, 5.74) is 10.6. The first-order valence-corrected chi connectivity index (χ1v) is 20.0. The van der Waals surface area contributed by atoms with E-state index in [1.807, 2.05) is 11.3 Å². The van der Waals surface area contributed by atoms with Gasteiger partial charge < -0.3 is 4.90 Å². The fraction of sp³-hybridized carbons (Fsp3) is 0. The minimum absolute atomic E-state index is 1.11. The summed E-state index contributed by atoms with van der Waals surface area (Å²) >= 11 is 1.86. The smallest absolute Gasteiger partial charge is 0.0546 e. The van der Waals surface area contributed by atoms with Crippen LogP contribution in [0.25, 0.3) is 85.9 Å². The maximum Gasteiger partial charge on any atom is 0.0546 e. The molecule has 56 heavy (non-hydrogen) atoms. The molecule has 0 aliphatic rings. The molecule has 0 bridgehead atoms. The van der Waals surface area contributed by atoms with Gasteiger partial charge in [0.2, 0.25) is 0 Å². The molecule has 10 aromatic carbocycles. The van der Waals surface area contributed by atoms with Crippen LogP contribution >= 0.6 is 11.3 Å². The summed E-state index contributed by atoms with van der Waals surface area (Å²) in [7, 11) is 0. The Balaban J connectivity index is 1.10. The fourth-order valence-corrected chi connectivity index (χ4v) is 9.67. The topological polar surface area (TPSA) is 3.24 Å². The van der Waals surface area contributed by atoms with Crippen molar-refractivity contribution in [3.63, 3.8) is 0 Å². The molecule has 0 aliphatic carbocycles. The summed E-state index contributed by atoms with van der Waals surface area (Å²) in [6, 6.07) is 77.8. The molecule has 0 spiro atoms. The maximum atomic E-state index is 2.47. The first-order chi connectivity index (χ1) is 27.8. The van der Waals surface area contributed by atoms with Gasteiger partial charge >= 0.3 is 0 Å². The highest BCUT2D eigenvalue weighted by Crippen LogP contribution is 2.46. The van der Waals surface area contributed by atoms with Gasteiger partial charge in [-0.25, -0.2) is 0 Å². The number of thiophene rings is 1. The molecule has 1 nitrogen and oxygen atoms in total. The molecule has 0 N–H and O–H groups in total. The first kappa shape index (κ1) is 32.4. The van der Waals surface area contributed by atoms with Gasteiger partial charge in [0.1, 0.15) is 0 Å². The number of anilines is 3. The van der Waals surface area contributed by atoms with E-state index in [0.717, 1.165) is 17.1 Å². The van der Waals surface area contributed by atoms with Crippen LogP contribution in [-0.2, 0) is 0 Å². The van der Waals surface area contributed by atoms with Crippen LogP contribution < -0.4 is 4.90 Å². The van der Waals surface area contributed by atoms with Crippen molar-refractivity contribution in [2.75, 3.05) is 4.90 Å². The van der Waals surface area contributed by atoms with Crippen molar-refractivity contribution in [2.24, 2.45) is 0 Å². The minimum atomic E-state index is 1.11. The van der Waals surface area contributed by atoms with E-state index in [-0.39, 0.29) is 0 Å². The Hall–Kier alpha value is -7.00. The zero-order valence-corrected chi connectivity index (χ0v) is 31.4. The number of para-hydroxylation sites is 1. The predicted octanol–water partition coefficient (Wildman–Crippen LogP) is 16.0. The van der Waals surface area contributed by atoms with Crippen LogP contribution in [0.1, 0.15) is 0 Å². The zero-order valence-electron chi connectivity index (χ0n) is 30.6. The van der Waals surface area contributed by atoms with Gasteiger partial charge in [0.05, 0.1) is 11.4 Å². The van der Waals surface area contributed by atoms with Crippen LogP contribution in [0.15, 0.2) is 212 Å². The Morgan fingerprint density at radius 1 is 0.286 bits per heavy atom. The van der Waals surface area contributed by atoms with Gasteiger partial charge in [-0.05, 0) is 103 Å². The number of benzene rings is 10. The molecule has 0 amide bonds. The summed E-state index contributed by atoms with van der Waals surface area (Å²) in [5.74, 6) is 0. The summed E-state index contributed by atoms with van der Waals surface area (Å²) < 4.78 is 2.65. The molecule has 1 aromatic heterocycles. The summed E-state index contributed by atoms with van der Waals surface area (Å²) in [4.78, 5) is 2.47. The Bertz CT molecular complexity index is 3260. The molecule has 0 saturated carbocycles. The standard InChI is InChI=1S/C54H35NS/c1-3-18-43-37(13-1)15-12-24-44(43)39-16-11-17-40(33-39)46-20-7-9-25-51(46)55(52-35-41-14-2-4-19-45(41)47-21-5-6-22-48(47)52)42-30-27-36(28-31-42)38-29-32-54-50(34-38)49-23-8-10-26-53(49)56-54/h1-35H. The second kappa shape index (κ2) is 13.4. The van der Waals surface area contributed by atoms with Crippen molar-refractivity contribution in [2.45, 2.75) is 0 Å². The molecule has 0 saturated heterocycles. The van der Waals surface area contributed by atoms with Gasteiger partial charge in [-0.3, -0.25) is 0 Å². The van der Waals surface area contributed by atoms with Gasteiger partial charge in [0, 0.05) is 36.8 Å². The summed E-state index contributed by atoms with van der Waals surface area (Å²) in [6.45, 7) is 0. The van der Waals surface area contributed by atoms with E-state index in [9.17, 15) is 0 Å². The number of hydrogen-bond donors (Lipinski definition) is 0. The maximum absolute atomic E-state index is 2.47. The average molecular weight is 730 g/mol. The van der Waals surface area contributed by atoms with E-state index in [2.05, 4.69) is 217 Å². The van der Waals surface area contributed by atoms with Crippen LogP contribution in [0.3, 0.4) is 0 Å². The van der Waals surface area contributed by atoms with Crippen molar-refractivity contribution in [3.8, 4) is 33.4 Å². The molecule has 11 rings (SSSR count). The van der Waals surface area contributed by atoms with Crippen LogP contribution in [0.2, 0.25) is 0 Å². The molecular formula is C54H35NS. The van der Waals surface area contributed by atoms with Crippen molar-refractivity contribution in [3.05, 3.63) is 212 Å². The molecule has 0 unspecified atom stereocenters. The van der Waals surface area contributed by atoms with Crippen LogP contribution in [-0.4, -0.2) is 0 Å². The molecule has 0 radical (unpaired) electrons. The van der Waals surface area contributed by atoms with E-state index in [0.29, 0.717) is 0 Å². The molecule has 1 heterocycles. The highest BCUT2D eigenvalue weighted by molar-refractivity contribution is 7.25. The lowest BCUT2D eigenvalue weighted by molar-refractivity contribution is 1.30. The minimum Gasteiger partial charge on any atom is -0.309 e. The predicted molar refractivity (Wildman–Crippen MR) is 243 cm³/mol. The monoisotopic (exact) mass is 729 g/mol. The lowest BCUT2D eigenvalue weighted by atomic mass is 9.94. The molecule has 0 atom stereocenters. The highest BCUT2D eigenvalue weighted by Gasteiger charge is 2.21. The second-order valence-electron chi connectivity index (χ2n) is 14.5. The van der Waals surface area contributed by atoms with Gasteiger partial charge in [0.25, 0.3) is 0 Å². The van der Waals surface area contributed by atoms with Crippen LogP contribution in [0.4, 0.5) is 17.1 Å². The van der Waals surface area contributed by atoms with Crippen LogP contribution in [0.5, 0.6) is 0 Å². The average Bonchev–Trinajstić information content (AvgIpc) is 3.65. The molecule has 262 valence electrons. The molecule has 0 fully saturated rings. The van der Waals surface area contributed by atoms with Gasteiger partial charge in [-0.15, -0.1) is 11.3 Å². The SMILES string of the molecule is c1cc(-c2ccccc2N(c2ccc(-c3ccc4sc5ccccc5c4c3)cc2)c2cc3ccccc3c3ccccc23)cc(-c2cccc3ccccc23)c1. The van der Waals surface area contributed by atoms with E-state index in [1.54, 1.807) is 0 Å². The second-order valence-corrected chi connectivity index (χ2v) is 15.6. The lowest BCUT2D eigenvalue weighted by Gasteiger charge is -2.30. The third-order valence-electron chi connectivity index (χ3n) is 11.2. The molecule has 2 heteroatoms. The molecule has 0 aliphatic heterocycles. The van der Waals surface area contributed by atoms with Crippen LogP contribution in [0, 0.1) is 0 Å². The third kappa shape index (κ3) is 5.46.